The lowest BCUT2D eigenvalue weighted by atomic mass is 9.98. The van der Waals surface area contributed by atoms with E-state index in [4.69, 9.17) is 0 Å². The van der Waals surface area contributed by atoms with Crippen molar-refractivity contribution < 1.29 is 4.79 Å². The number of benzene rings is 1. The lowest BCUT2D eigenvalue weighted by molar-refractivity contribution is -0.117. The lowest BCUT2D eigenvalue weighted by Gasteiger charge is -2.13. The number of anilines is 1. The molecule has 0 radical (unpaired) electrons. The van der Waals surface area contributed by atoms with Crippen LogP contribution in [-0.2, 0) is 4.79 Å². The number of H-pyrrole nitrogens is 2. The summed E-state index contributed by atoms with van der Waals surface area (Å²) in [6, 6.07) is 7.81. The Kier molecular flexibility index (Phi) is 3.25. The Balaban J connectivity index is 1.82. The maximum absolute atomic E-state index is 12.4. The summed E-state index contributed by atoms with van der Waals surface area (Å²) in [6.07, 6.45) is 1.89. The molecule has 1 atom stereocenters. The van der Waals surface area contributed by atoms with E-state index in [1.165, 1.54) is 0 Å². The van der Waals surface area contributed by atoms with Crippen LogP contribution in [0.3, 0.4) is 0 Å². The van der Waals surface area contributed by atoms with Gasteiger partial charge in [-0.2, -0.15) is 5.10 Å². The molecule has 0 spiro atoms. The first kappa shape index (κ1) is 13.4. The fraction of sp³-hybridized carbons (Fsp3) is 0.250. The SMILES string of the molecule is Cc1n[nH]c(C)c1C(C)C(=O)Nc1ccc2[nH]ccc2c1. The molecule has 1 aromatic carbocycles. The summed E-state index contributed by atoms with van der Waals surface area (Å²) >= 11 is 0. The van der Waals surface area contributed by atoms with Gasteiger partial charge in [0.15, 0.2) is 0 Å². The predicted octanol–water partition coefficient (Wildman–Crippen LogP) is 3.25. The highest BCUT2D eigenvalue weighted by Gasteiger charge is 2.21. The van der Waals surface area contributed by atoms with Crippen LogP contribution in [0.25, 0.3) is 10.9 Å². The number of rotatable bonds is 3. The Morgan fingerprint density at radius 2 is 2.10 bits per heavy atom. The largest absolute Gasteiger partial charge is 0.361 e. The molecule has 1 unspecified atom stereocenters. The van der Waals surface area contributed by atoms with E-state index < -0.39 is 0 Å². The van der Waals surface area contributed by atoms with Crippen molar-refractivity contribution >= 4 is 22.5 Å². The van der Waals surface area contributed by atoms with Crippen molar-refractivity contribution in [3.8, 4) is 0 Å². The Morgan fingerprint density at radius 1 is 1.29 bits per heavy atom. The Labute approximate surface area is 122 Å². The molecule has 2 heterocycles. The highest BCUT2D eigenvalue weighted by atomic mass is 16.1. The molecule has 0 aliphatic carbocycles. The van der Waals surface area contributed by atoms with Gasteiger partial charge in [-0.3, -0.25) is 9.89 Å². The molecule has 1 amide bonds. The smallest absolute Gasteiger partial charge is 0.231 e. The first-order chi connectivity index (χ1) is 10.1. The van der Waals surface area contributed by atoms with Crippen LogP contribution < -0.4 is 5.32 Å². The number of nitrogens with zero attached hydrogens (tertiary/aromatic N) is 1. The zero-order valence-electron chi connectivity index (χ0n) is 12.3. The van der Waals surface area contributed by atoms with E-state index in [2.05, 4.69) is 20.5 Å². The molecule has 3 N–H and O–H groups in total. The van der Waals surface area contributed by atoms with E-state index in [1.807, 2.05) is 51.2 Å². The third kappa shape index (κ3) is 2.42. The minimum Gasteiger partial charge on any atom is -0.361 e. The molecule has 0 aliphatic rings. The van der Waals surface area contributed by atoms with Gasteiger partial charge in [0.1, 0.15) is 0 Å². The molecule has 21 heavy (non-hydrogen) atoms. The van der Waals surface area contributed by atoms with Gasteiger partial charge in [0, 0.05) is 34.0 Å². The van der Waals surface area contributed by atoms with Gasteiger partial charge in [-0.1, -0.05) is 0 Å². The second-order valence-electron chi connectivity index (χ2n) is 5.34. The zero-order valence-corrected chi connectivity index (χ0v) is 12.3. The molecule has 5 heteroatoms. The van der Waals surface area contributed by atoms with Crippen molar-refractivity contribution in [3.63, 3.8) is 0 Å². The number of carbonyl (C=O) groups is 1. The van der Waals surface area contributed by atoms with E-state index in [0.29, 0.717) is 0 Å². The number of carbonyl (C=O) groups excluding carboxylic acids is 1. The first-order valence-corrected chi connectivity index (χ1v) is 6.95. The van der Waals surface area contributed by atoms with Gasteiger partial charge in [-0.15, -0.1) is 0 Å². The maximum atomic E-state index is 12.4. The number of amides is 1. The Morgan fingerprint density at radius 3 is 2.81 bits per heavy atom. The van der Waals surface area contributed by atoms with Gasteiger partial charge in [0.05, 0.1) is 11.6 Å². The summed E-state index contributed by atoms with van der Waals surface area (Å²) in [6.45, 7) is 5.74. The minimum atomic E-state index is -0.245. The summed E-state index contributed by atoms with van der Waals surface area (Å²) in [5, 5.41) is 11.1. The Bertz CT molecular complexity index is 780. The maximum Gasteiger partial charge on any atom is 0.231 e. The summed E-state index contributed by atoms with van der Waals surface area (Å²) in [5.41, 5.74) is 4.64. The zero-order chi connectivity index (χ0) is 15.0. The molecule has 3 rings (SSSR count). The number of hydrogen-bond acceptors (Lipinski definition) is 2. The molecule has 0 fully saturated rings. The number of hydrogen-bond donors (Lipinski definition) is 3. The molecule has 0 bridgehead atoms. The molecule has 3 aromatic rings. The summed E-state index contributed by atoms with van der Waals surface area (Å²) in [7, 11) is 0. The third-order valence-electron chi connectivity index (χ3n) is 3.83. The highest BCUT2D eigenvalue weighted by molar-refractivity contribution is 5.97. The van der Waals surface area contributed by atoms with E-state index in [1.54, 1.807) is 0 Å². The fourth-order valence-electron chi connectivity index (χ4n) is 2.71. The number of aromatic nitrogens is 3. The molecular weight excluding hydrogens is 264 g/mol. The van der Waals surface area contributed by atoms with Gasteiger partial charge in [0.2, 0.25) is 5.91 Å². The highest BCUT2D eigenvalue weighted by Crippen LogP contribution is 2.24. The summed E-state index contributed by atoms with van der Waals surface area (Å²) in [5.74, 6) is -0.275. The average molecular weight is 282 g/mol. The van der Waals surface area contributed by atoms with Crippen LogP contribution in [0.1, 0.15) is 29.8 Å². The van der Waals surface area contributed by atoms with Crippen LogP contribution >= 0.6 is 0 Å². The second kappa shape index (κ2) is 5.09. The number of fused-ring (bicyclic) bond motifs is 1. The van der Waals surface area contributed by atoms with Gasteiger partial charge >= 0.3 is 0 Å². The average Bonchev–Trinajstić information content (AvgIpc) is 3.04. The van der Waals surface area contributed by atoms with E-state index in [9.17, 15) is 4.79 Å². The summed E-state index contributed by atoms with van der Waals surface area (Å²) in [4.78, 5) is 15.6. The van der Waals surface area contributed by atoms with Crippen molar-refractivity contribution in [1.82, 2.24) is 15.2 Å². The lowest BCUT2D eigenvalue weighted by Crippen LogP contribution is -2.19. The molecule has 0 saturated carbocycles. The van der Waals surface area contributed by atoms with E-state index in [-0.39, 0.29) is 11.8 Å². The molecular formula is C16H18N4O. The van der Waals surface area contributed by atoms with Crippen LogP contribution in [0, 0.1) is 13.8 Å². The van der Waals surface area contributed by atoms with Gasteiger partial charge < -0.3 is 10.3 Å². The topological polar surface area (TPSA) is 73.6 Å². The van der Waals surface area contributed by atoms with Crippen molar-refractivity contribution in [3.05, 3.63) is 47.4 Å². The quantitative estimate of drug-likeness (QED) is 0.690. The van der Waals surface area contributed by atoms with Crippen molar-refractivity contribution in [2.45, 2.75) is 26.7 Å². The molecule has 5 nitrogen and oxygen atoms in total. The van der Waals surface area contributed by atoms with Gasteiger partial charge in [-0.05, 0) is 45.0 Å². The fourth-order valence-corrected chi connectivity index (χ4v) is 2.71. The van der Waals surface area contributed by atoms with Crippen molar-refractivity contribution in [1.29, 1.82) is 0 Å². The van der Waals surface area contributed by atoms with Crippen LogP contribution in [0.2, 0.25) is 0 Å². The monoisotopic (exact) mass is 282 g/mol. The molecule has 0 saturated heterocycles. The molecule has 108 valence electrons. The van der Waals surface area contributed by atoms with Gasteiger partial charge in [-0.25, -0.2) is 0 Å². The minimum absolute atomic E-state index is 0.0301. The Hall–Kier alpha value is -2.56. The molecule has 2 aromatic heterocycles. The second-order valence-corrected chi connectivity index (χ2v) is 5.34. The number of nitrogens with one attached hydrogen (secondary N) is 3. The number of aryl methyl sites for hydroxylation is 2. The van der Waals surface area contributed by atoms with Gasteiger partial charge in [0.25, 0.3) is 0 Å². The van der Waals surface area contributed by atoms with Crippen molar-refractivity contribution in [2.24, 2.45) is 0 Å². The first-order valence-electron chi connectivity index (χ1n) is 6.95. The van der Waals surface area contributed by atoms with Crippen LogP contribution in [0.5, 0.6) is 0 Å². The van der Waals surface area contributed by atoms with Crippen LogP contribution in [-0.4, -0.2) is 21.1 Å². The third-order valence-corrected chi connectivity index (χ3v) is 3.83. The van der Waals surface area contributed by atoms with E-state index in [0.717, 1.165) is 33.5 Å². The molecule has 0 aliphatic heterocycles. The van der Waals surface area contributed by atoms with Crippen LogP contribution in [0.15, 0.2) is 30.5 Å². The predicted molar refractivity (Wildman–Crippen MR) is 83.4 cm³/mol. The van der Waals surface area contributed by atoms with Crippen LogP contribution in [0.4, 0.5) is 5.69 Å². The standard InChI is InChI=1S/C16H18N4O/c1-9(15-10(2)19-20-11(15)3)16(21)18-13-4-5-14-12(8-13)6-7-17-14/h4-9,17H,1-3H3,(H,18,21)(H,19,20). The van der Waals surface area contributed by atoms with E-state index >= 15 is 0 Å². The normalized spacial score (nSPS) is 12.5. The number of aromatic amines is 2. The summed E-state index contributed by atoms with van der Waals surface area (Å²) < 4.78 is 0. The van der Waals surface area contributed by atoms with Crippen molar-refractivity contribution in [2.75, 3.05) is 5.32 Å².